The molecule has 20 heavy (non-hydrogen) atoms. The van der Waals surface area contributed by atoms with Gasteiger partial charge < -0.3 is 5.73 Å². The molecule has 0 spiro atoms. The average molecular weight is 295 g/mol. The molecule has 1 aliphatic rings. The molecule has 1 aliphatic carbocycles. The molecule has 0 heterocycles. The maximum atomic E-state index is 13.5. The van der Waals surface area contributed by atoms with Crippen LogP contribution < -0.4 is 5.73 Å². The number of hydrogen-bond donors (Lipinski definition) is 1. The number of benzene rings is 1. The van der Waals surface area contributed by atoms with Gasteiger partial charge in [0.1, 0.15) is 5.82 Å². The van der Waals surface area contributed by atoms with Gasteiger partial charge >= 0.3 is 0 Å². The Bertz CT molecular complexity index is 435. The van der Waals surface area contributed by atoms with E-state index < -0.39 is 0 Å². The molecule has 2 N–H and O–H groups in total. The molecule has 1 saturated carbocycles. The van der Waals surface area contributed by atoms with Gasteiger partial charge in [-0.25, -0.2) is 4.39 Å². The lowest BCUT2D eigenvalue weighted by molar-refractivity contribution is 0.394. The Hall–Kier alpha value is -0.540. The second-order valence-corrected chi connectivity index (χ2v) is 7.48. The topological polar surface area (TPSA) is 26.0 Å². The van der Waals surface area contributed by atoms with Crippen LogP contribution in [0.5, 0.6) is 0 Å². The number of nitrogens with two attached hydrogens (primary N) is 1. The number of halogens is 1. The molecule has 0 radical (unpaired) electrons. The highest BCUT2D eigenvalue weighted by Gasteiger charge is 2.21. The molecule has 0 saturated heterocycles. The highest BCUT2D eigenvalue weighted by atomic mass is 32.2. The predicted octanol–water partition coefficient (Wildman–Crippen LogP) is 4.78. The molecule has 3 heteroatoms. The van der Waals surface area contributed by atoms with E-state index in [9.17, 15) is 4.39 Å². The van der Waals surface area contributed by atoms with E-state index in [2.05, 4.69) is 13.8 Å². The van der Waals surface area contributed by atoms with Crippen molar-refractivity contribution in [2.75, 3.05) is 0 Å². The van der Waals surface area contributed by atoms with Gasteiger partial charge in [-0.1, -0.05) is 26.7 Å². The van der Waals surface area contributed by atoms with Crippen LogP contribution in [0.2, 0.25) is 0 Å². The molecular weight excluding hydrogens is 269 g/mol. The summed E-state index contributed by atoms with van der Waals surface area (Å²) in [7, 11) is 0. The highest BCUT2D eigenvalue weighted by molar-refractivity contribution is 8.00. The van der Waals surface area contributed by atoms with Crippen molar-refractivity contribution >= 4 is 11.8 Å². The van der Waals surface area contributed by atoms with E-state index in [1.807, 2.05) is 17.8 Å². The molecule has 0 bridgehead atoms. The minimum absolute atomic E-state index is 0.126. The lowest BCUT2D eigenvalue weighted by Crippen LogP contribution is -2.22. The average Bonchev–Trinajstić information content (AvgIpc) is 2.42. The smallest absolute Gasteiger partial charge is 0.123 e. The molecule has 0 amide bonds. The van der Waals surface area contributed by atoms with Crippen molar-refractivity contribution in [1.29, 1.82) is 0 Å². The van der Waals surface area contributed by atoms with Gasteiger partial charge in [0.05, 0.1) is 0 Å². The van der Waals surface area contributed by atoms with Crippen LogP contribution in [0.3, 0.4) is 0 Å². The first kappa shape index (κ1) is 15.8. The third-order valence-corrected chi connectivity index (χ3v) is 5.62. The maximum absolute atomic E-state index is 13.5. The fraction of sp³-hybridized carbons (Fsp3) is 0.647. The summed E-state index contributed by atoms with van der Waals surface area (Å²) < 4.78 is 13.5. The SMILES string of the molecule is CCC(N)Cc1cc(F)ccc1SC1CCCC(C)C1. The van der Waals surface area contributed by atoms with Gasteiger partial charge in [0.25, 0.3) is 0 Å². The van der Waals surface area contributed by atoms with Crippen LogP contribution in [0.15, 0.2) is 23.1 Å². The van der Waals surface area contributed by atoms with E-state index >= 15 is 0 Å². The van der Waals surface area contributed by atoms with Crippen LogP contribution >= 0.6 is 11.8 Å². The Kier molecular flexibility index (Phi) is 5.91. The molecule has 2 rings (SSSR count). The highest BCUT2D eigenvalue weighted by Crippen LogP contribution is 2.37. The Morgan fingerprint density at radius 2 is 2.20 bits per heavy atom. The summed E-state index contributed by atoms with van der Waals surface area (Å²) in [6.45, 7) is 4.42. The standard InChI is InChI=1S/C17H26FNS/c1-3-15(19)11-13-10-14(18)7-8-17(13)20-16-6-4-5-12(2)9-16/h7-8,10,12,15-16H,3-6,9,11,19H2,1-2H3. The van der Waals surface area contributed by atoms with E-state index in [4.69, 9.17) is 5.73 Å². The van der Waals surface area contributed by atoms with Crippen molar-refractivity contribution in [1.82, 2.24) is 0 Å². The summed E-state index contributed by atoms with van der Waals surface area (Å²) in [4.78, 5) is 1.23. The summed E-state index contributed by atoms with van der Waals surface area (Å²) in [6, 6.07) is 5.32. The third kappa shape index (κ3) is 4.49. The molecule has 1 aromatic carbocycles. The predicted molar refractivity (Wildman–Crippen MR) is 85.6 cm³/mol. The second-order valence-electron chi connectivity index (χ2n) is 6.14. The lowest BCUT2D eigenvalue weighted by Gasteiger charge is -2.27. The summed E-state index contributed by atoms with van der Waals surface area (Å²) >= 11 is 1.93. The van der Waals surface area contributed by atoms with Crippen LogP contribution in [-0.2, 0) is 6.42 Å². The normalized spacial score (nSPS) is 24.6. The van der Waals surface area contributed by atoms with Crippen LogP contribution in [0.1, 0.15) is 51.5 Å². The van der Waals surface area contributed by atoms with Gasteiger partial charge in [-0.05, 0) is 55.4 Å². The number of thioether (sulfide) groups is 1. The van der Waals surface area contributed by atoms with E-state index in [-0.39, 0.29) is 11.9 Å². The quantitative estimate of drug-likeness (QED) is 0.846. The molecule has 3 atom stereocenters. The van der Waals surface area contributed by atoms with Gasteiger partial charge in [-0.2, -0.15) is 0 Å². The minimum Gasteiger partial charge on any atom is -0.327 e. The van der Waals surface area contributed by atoms with E-state index in [0.29, 0.717) is 5.25 Å². The van der Waals surface area contributed by atoms with Gasteiger partial charge in [-0.3, -0.25) is 0 Å². The minimum atomic E-state index is -0.148. The lowest BCUT2D eigenvalue weighted by atomic mass is 9.91. The van der Waals surface area contributed by atoms with Crippen molar-refractivity contribution in [3.05, 3.63) is 29.6 Å². The van der Waals surface area contributed by atoms with Crippen LogP contribution in [0.4, 0.5) is 4.39 Å². The Morgan fingerprint density at radius 3 is 2.90 bits per heavy atom. The Balaban J connectivity index is 2.09. The largest absolute Gasteiger partial charge is 0.327 e. The molecule has 1 fully saturated rings. The zero-order valence-electron chi connectivity index (χ0n) is 12.6. The van der Waals surface area contributed by atoms with Gasteiger partial charge in [0, 0.05) is 16.2 Å². The fourth-order valence-corrected chi connectivity index (χ4v) is 4.42. The third-order valence-electron chi connectivity index (χ3n) is 4.21. The number of hydrogen-bond acceptors (Lipinski definition) is 2. The van der Waals surface area contributed by atoms with Crippen LogP contribution in [0.25, 0.3) is 0 Å². The zero-order valence-corrected chi connectivity index (χ0v) is 13.4. The van der Waals surface area contributed by atoms with E-state index in [0.717, 1.165) is 24.3 Å². The molecule has 3 unspecified atom stereocenters. The van der Waals surface area contributed by atoms with Crippen LogP contribution in [-0.4, -0.2) is 11.3 Å². The van der Waals surface area contributed by atoms with Gasteiger partial charge in [-0.15, -0.1) is 11.8 Å². The monoisotopic (exact) mass is 295 g/mol. The van der Waals surface area contributed by atoms with Crippen molar-refractivity contribution in [2.45, 2.75) is 68.6 Å². The van der Waals surface area contributed by atoms with Gasteiger partial charge in [0.15, 0.2) is 0 Å². The first-order valence-electron chi connectivity index (χ1n) is 7.79. The zero-order chi connectivity index (χ0) is 14.5. The number of rotatable bonds is 5. The summed E-state index contributed by atoms with van der Waals surface area (Å²) in [5.74, 6) is 0.674. The second kappa shape index (κ2) is 7.46. The van der Waals surface area contributed by atoms with E-state index in [1.165, 1.54) is 30.6 Å². The van der Waals surface area contributed by atoms with Crippen molar-refractivity contribution in [2.24, 2.45) is 11.7 Å². The first-order valence-corrected chi connectivity index (χ1v) is 8.67. The molecule has 112 valence electrons. The van der Waals surface area contributed by atoms with Crippen molar-refractivity contribution < 1.29 is 4.39 Å². The molecule has 0 aliphatic heterocycles. The Morgan fingerprint density at radius 1 is 1.40 bits per heavy atom. The summed E-state index contributed by atoms with van der Waals surface area (Å²) in [5.41, 5.74) is 7.13. The van der Waals surface area contributed by atoms with Gasteiger partial charge in [0.2, 0.25) is 0 Å². The van der Waals surface area contributed by atoms with Crippen LogP contribution in [0, 0.1) is 11.7 Å². The van der Waals surface area contributed by atoms with Crippen molar-refractivity contribution in [3.8, 4) is 0 Å². The van der Waals surface area contributed by atoms with E-state index in [1.54, 1.807) is 12.1 Å². The molecule has 1 nitrogen and oxygen atoms in total. The molecule has 1 aromatic rings. The maximum Gasteiger partial charge on any atom is 0.123 e. The summed E-state index contributed by atoms with van der Waals surface area (Å²) in [5, 5.41) is 0.681. The first-order chi connectivity index (χ1) is 9.58. The fourth-order valence-electron chi connectivity index (χ4n) is 2.91. The Labute approximate surface area is 126 Å². The molecular formula is C17H26FNS. The molecule has 0 aromatic heterocycles. The van der Waals surface area contributed by atoms with Crippen molar-refractivity contribution in [3.63, 3.8) is 0 Å². The summed E-state index contributed by atoms with van der Waals surface area (Å²) in [6.07, 6.45) is 6.95.